The summed E-state index contributed by atoms with van der Waals surface area (Å²) in [5.74, 6) is -9.51. The van der Waals surface area contributed by atoms with Gasteiger partial charge in [0.15, 0.2) is 5.41 Å². The fraction of sp³-hybridized carbons (Fsp3) is 0.644. The van der Waals surface area contributed by atoms with Crippen LogP contribution in [0.3, 0.4) is 0 Å². The van der Waals surface area contributed by atoms with Crippen LogP contribution >= 0.6 is 11.6 Å². The van der Waals surface area contributed by atoms with Crippen LogP contribution in [0.5, 0.6) is 0 Å². The number of carbonyl (C=O) groups is 6. The van der Waals surface area contributed by atoms with E-state index in [-0.39, 0.29) is 37.6 Å². The molecular weight excluding hydrogens is 914 g/mol. The van der Waals surface area contributed by atoms with Crippen molar-refractivity contribution in [1.29, 1.82) is 0 Å². The van der Waals surface area contributed by atoms with Gasteiger partial charge >= 0.3 is 6.18 Å². The van der Waals surface area contributed by atoms with Crippen LogP contribution in [-0.4, -0.2) is 136 Å². The summed E-state index contributed by atoms with van der Waals surface area (Å²) in [6.45, 7) is 4.64. The fourth-order valence-corrected chi connectivity index (χ4v) is 9.28. The molecular formula is C45H57ClF6N8O7. The molecule has 1 saturated heterocycles. The first kappa shape index (κ1) is 51.2. The molecule has 67 heavy (non-hydrogen) atoms. The quantitative estimate of drug-likeness (QED) is 0.194. The van der Waals surface area contributed by atoms with E-state index in [1.165, 1.54) is 19.0 Å². The lowest BCUT2D eigenvalue weighted by molar-refractivity contribution is -0.299. The highest BCUT2D eigenvalue weighted by Gasteiger charge is 2.75. The number of rotatable bonds is 11. The van der Waals surface area contributed by atoms with Crippen LogP contribution in [0.2, 0.25) is 5.02 Å². The zero-order valence-electron chi connectivity index (χ0n) is 37.9. The SMILES string of the molecule is Cc1nnc(-c2ccc(Cl)cc2C[C@H]2C(=O)NCCCCC=CC[C@H](N(C)C(=O)[C@@H](NC(=O)[C@@H]3C[C@@H](F)CN3C(=O)C3(C(F)(F)F)CC(F)(F)C3)C3CC3)C(=O)N[C@@H](CC(C)C)C(=O)N2C)o1. The lowest BCUT2D eigenvalue weighted by Gasteiger charge is -2.48. The van der Waals surface area contributed by atoms with E-state index in [0.29, 0.717) is 59.0 Å². The standard InChI is InChI=1S/C45H57ClF6N8O7/c1-24(2)17-31-40(64)59(5)33(19-27-18-28(46)14-15-30(27)39-57-56-25(3)67-39)36(61)53-16-10-8-6-7-9-11-32(37(62)54-31)58(4)41(65)35(26-12-13-26)55-38(63)34-20-29(47)21-60(34)42(66)43(45(50,51)52)22-44(48,49)23-43/h7,9,14-15,18,24,26,29,31-35H,6,8,10-13,16-17,19-23H2,1-5H3,(H,53,61)(H,54,62)(H,55,63)/t29-,31+,32+,33+,34+,35+/m1/s1. The van der Waals surface area contributed by atoms with E-state index >= 15 is 0 Å². The molecule has 0 spiro atoms. The van der Waals surface area contributed by atoms with Gasteiger partial charge in [0, 0.05) is 63.8 Å². The minimum absolute atomic E-state index is 0.0392. The van der Waals surface area contributed by atoms with E-state index < -0.39 is 121 Å². The molecule has 6 rings (SSSR count). The molecule has 0 radical (unpaired) electrons. The Balaban J connectivity index is 1.24. The lowest BCUT2D eigenvalue weighted by Crippen LogP contribution is -2.65. The molecule has 15 nitrogen and oxygen atoms in total. The summed E-state index contributed by atoms with van der Waals surface area (Å²) in [5, 5.41) is 16.7. The number of hydrogen-bond acceptors (Lipinski definition) is 9. The number of halogens is 7. The highest BCUT2D eigenvalue weighted by atomic mass is 35.5. The van der Waals surface area contributed by atoms with E-state index in [0.717, 1.165) is 4.90 Å². The van der Waals surface area contributed by atoms with E-state index in [1.54, 1.807) is 31.2 Å². The first-order chi connectivity index (χ1) is 31.4. The van der Waals surface area contributed by atoms with Crippen molar-refractivity contribution in [2.75, 3.05) is 27.2 Å². The molecule has 22 heteroatoms. The van der Waals surface area contributed by atoms with Gasteiger partial charge in [-0.2, -0.15) is 13.2 Å². The van der Waals surface area contributed by atoms with Gasteiger partial charge in [-0.15, -0.1) is 10.2 Å². The summed E-state index contributed by atoms with van der Waals surface area (Å²) in [4.78, 5) is 87.4. The summed E-state index contributed by atoms with van der Waals surface area (Å²) in [6, 6.07) is -1.86. The number of likely N-dealkylation sites (N-methyl/N-ethyl adjacent to an activating group) is 2. The van der Waals surface area contributed by atoms with Gasteiger partial charge in [-0.05, 0) is 80.5 Å². The zero-order valence-corrected chi connectivity index (χ0v) is 38.7. The van der Waals surface area contributed by atoms with Crippen molar-refractivity contribution in [2.24, 2.45) is 17.3 Å². The summed E-state index contributed by atoms with van der Waals surface area (Å²) in [7, 11) is 2.77. The third kappa shape index (κ3) is 11.7. The van der Waals surface area contributed by atoms with Gasteiger partial charge in [0.05, 0.1) is 6.54 Å². The molecule has 0 bridgehead atoms. The minimum atomic E-state index is -5.41. The van der Waals surface area contributed by atoms with E-state index in [9.17, 15) is 55.1 Å². The second-order valence-electron chi connectivity index (χ2n) is 18.7. The Kier molecular flexibility index (Phi) is 15.7. The topological polar surface area (TPSA) is 187 Å². The number of nitrogens with zero attached hydrogens (tertiary/aromatic N) is 5. The minimum Gasteiger partial charge on any atom is -0.421 e. The molecule has 1 aromatic carbocycles. The molecule has 6 atom stereocenters. The Bertz CT molecular complexity index is 2210. The van der Waals surface area contributed by atoms with Gasteiger partial charge in [-0.3, -0.25) is 28.8 Å². The second kappa shape index (κ2) is 20.6. The number of alkyl halides is 6. The first-order valence-corrected chi connectivity index (χ1v) is 22.9. The van der Waals surface area contributed by atoms with Crippen molar-refractivity contribution < 1.29 is 59.5 Å². The van der Waals surface area contributed by atoms with Crippen LogP contribution < -0.4 is 16.0 Å². The molecule has 6 amide bonds. The van der Waals surface area contributed by atoms with Crippen LogP contribution in [0, 0.1) is 24.2 Å². The maximum Gasteiger partial charge on any atom is 0.403 e. The van der Waals surface area contributed by atoms with Crippen LogP contribution in [0.1, 0.15) is 89.5 Å². The number of amides is 6. The van der Waals surface area contributed by atoms with Crippen molar-refractivity contribution in [2.45, 2.75) is 140 Å². The van der Waals surface area contributed by atoms with Gasteiger partial charge < -0.3 is 35.1 Å². The van der Waals surface area contributed by atoms with Crippen molar-refractivity contribution in [3.63, 3.8) is 0 Å². The van der Waals surface area contributed by atoms with Crippen LogP contribution in [0.4, 0.5) is 26.3 Å². The maximum atomic E-state index is 14.9. The Labute approximate surface area is 389 Å². The number of aromatic nitrogens is 2. The van der Waals surface area contributed by atoms with Gasteiger partial charge in [-0.1, -0.05) is 37.6 Å². The summed E-state index contributed by atoms with van der Waals surface area (Å²) < 4.78 is 90.9. The number of likely N-dealkylation sites (tertiary alicyclic amines) is 1. The van der Waals surface area contributed by atoms with E-state index in [2.05, 4.69) is 26.1 Å². The summed E-state index contributed by atoms with van der Waals surface area (Å²) in [5.41, 5.74) is -2.47. The Morgan fingerprint density at radius 1 is 1.06 bits per heavy atom. The summed E-state index contributed by atoms with van der Waals surface area (Å²) in [6.07, 6.45) is -5.61. The number of nitrogens with one attached hydrogen (secondary N) is 3. The average molecular weight is 971 g/mol. The predicted octanol–water partition coefficient (Wildman–Crippen LogP) is 5.48. The third-order valence-electron chi connectivity index (χ3n) is 13.0. The fourth-order valence-electron chi connectivity index (χ4n) is 9.09. The number of aryl methyl sites for hydroxylation is 1. The van der Waals surface area contributed by atoms with Crippen LogP contribution in [0.25, 0.3) is 11.5 Å². The van der Waals surface area contributed by atoms with Crippen LogP contribution in [0.15, 0.2) is 34.8 Å². The van der Waals surface area contributed by atoms with E-state index in [1.807, 2.05) is 19.9 Å². The monoisotopic (exact) mass is 970 g/mol. The highest BCUT2D eigenvalue weighted by Crippen LogP contribution is 2.61. The lowest BCUT2D eigenvalue weighted by atomic mass is 9.64. The molecule has 368 valence electrons. The van der Waals surface area contributed by atoms with E-state index in [4.69, 9.17) is 16.0 Å². The summed E-state index contributed by atoms with van der Waals surface area (Å²) >= 11 is 6.42. The highest BCUT2D eigenvalue weighted by molar-refractivity contribution is 6.30. The molecule has 3 heterocycles. The zero-order chi connectivity index (χ0) is 49.2. The van der Waals surface area contributed by atoms with Gasteiger partial charge in [0.25, 0.3) is 5.92 Å². The van der Waals surface area contributed by atoms with Gasteiger partial charge in [-0.25, -0.2) is 13.2 Å². The normalized spacial score (nSPS) is 25.6. The molecule has 2 saturated carbocycles. The molecule has 3 fully saturated rings. The largest absolute Gasteiger partial charge is 0.421 e. The smallest absolute Gasteiger partial charge is 0.403 e. The number of allylic oxidation sites excluding steroid dienone is 1. The third-order valence-corrected chi connectivity index (χ3v) is 13.2. The number of benzene rings is 1. The van der Waals surface area contributed by atoms with Crippen molar-refractivity contribution >= 4 is 47.0 Å². The molecule has 2 aliphatic heterocycles. The molecule has 1 aromatic heterocycles. The Morgan fingerprint density at radius 3 is 2.37 bits per heavy atom. The predicted molar refractivity (Wildman–Crippen MR) is 231 cm³/mol. The number of hydrogen-bond donors (Lipinski definition) is 3. The molecule has 4 aliphatic rings. The maximum absolute atomic E-state index is 14.9. The van der Waals surface area contributed by atoms with Crippen LogP contribution in [-0.2, 0) is 35.2 Å². The van der Waals surface area contributed by atoms with Crippen molar-refractivity contribution in [3.8, 4) is 11.5 Å². The average Bonchev–Trinajstić information content (AvgIpc) is 3.87. The molecule has 2 aromatic rings. The Morgan fingerprint density at radius 2 is 1.76 bits per heavy atom. The van der Waals surface area contributed by atoms with Crippen molar-refractivity contribution in [3.05, 3.63) is 46.8 Å². The second-order valence-corrected chi connectivity index (χ2v) is 19.1. The van der Waals surface area contributed by atoms with Gasteiger partial charge in [0.1, 0.15) is 36.4 Å². The molecule has 3 N–H and O–H groups in total. The van der Waals surface area contributed by atoms with Crippen molar-refractivity contribution in [1.82, 2.24) is 40.8 Å². The molecule has 2 aliphatic carbocycles. The first-order valence-electron chi connectivity index (χ1n) is 22.5. The van der Waals surface area contributed by atoms with Gasteiger partial charge in [0.2, 0.25) is 47.2 Å². The number of carbonyl (C=O) groups excluding carboxylic acids is 6. The molecule has 0 unspecified atom stereocenters. The Hall–Kier alpha value is -5.21.